The smallest absolute Gasteiger partial charge is 0.0874 e. The molecule has 1 unspecified atom stereocenters. The third-order valence-electron chi connectivity index (χ3n) is 2.58. The molecule has 2 heterocycles. The molecule has 78 valence electrons. The lowest BCUT2D eigenvalue weighted by Gasteiger charge is -2.24. The summed E-state index contributed by atoms with van der Waals surface area (Å²) in [4.78, 5) is 1.56. The average Bonchev–Trinajstić information content (AvgIpc) is 2.77. The van der Waals surface area contributed by atoms with Gasteiger partial charge >= 0.3 is 0 Å². The number of ether oxygens (including phenoxy) is 1. The van der Waals surface area contributed by atoms with E-state index in [-0.39, 0.29) is 5.60 Å². The van der Waals surface area contributed by atoms with Gasteiger partial charge in [0.25, 0.3) is 0 Å². The second kappa shape index (κ2) is 3.87. The van der Waals surface area contributed by atoms with Crippen LogP contribution in [0, 0.1) is 0 Å². The van der Waals surface area contributed by atoms with Crippen LogP contribution in [-0.2, 0) is 18.2 Å². The summed E-state index contributed by atoms with van der Waals surface area (Å²) in [6.07, 6.45) is 4.65. The molecule has 1 atom stereocenters. The minimum absolute atomic E-state index is 0.197. The normalized spacial score (nSPS) is 27.0. The Bertz CT molecular complexity index is 307. The number of halogens is 1. The molecule has 0 spiro atoms. The first-order chi connectivity index (χ1) is 6.74. The van der Waals surface area contributed by atoms with Crippen molar-refractivity contribution in [3.05, 3.63) is 11.9 Å². The quantitative estimate of drug-likeness (QED) is 0.711. The molecule has 0 amide bonds. The van der Waals surface area contributed by atoms with Crippen LogP contribution in [0.1, 0.15) is 18.5 Å². The third-order valence-corrected chi connectivity index (χ3v) is 3.07. The highest BCUT2D eigenvalue weighted by Gasteiger charge is 2.35. The summed E-state index contributed by atoms with van der Waals surface area (Å²) in [5.41, 5.74) is 0.757. The first-order valence-corrected chi connectivity index (χ1v) is 5.33. The van der Waals surface area contributed by atoms with Gasteiger partial charge in [-0.3, -0.25) is 0 Å². The van der Waals surface area contributed by atoms with Crippen LogP contribution in [0.2, 0.25) is 0 Å². The summed E-state index contributed by atoms with van der Waals surface area (Å²) in [5, 5.41) is 8.27. The molecule has 1 aliphatic rings. The Kier molecular flexibility index (Phi) is 2.74. The van der Waals surface area contributed by atoms with E-state index in [1.165, 1.54) is 0 Å². The Hall–Kier alpha value is -0.610. The Labute approximate surface area is 88.2 Å². The van der Waals surface area contributed by atoms with Gasteiger partial charge in [0.05, 0.1) is 23.4 Å². The van der Waals surface area contributed by atoms with Gasteiger partial charge in [-0.2, -0.15) is 15.0 Å². The predicted molar refractivity (Wildman–Crippen MR) is 53.3 cm³/mol. The second-order valence-corrected chi connectivity index (χ2v) is 4.04. The number of nitrogens with zero attached hydrogens (tertiary/aromatic N) is 3. The van der Waals surface area contributed by atoms with E-state index in [9.17, 15) is 0 Å². The van der Waals surface area contributed by atoms with Crippen molar-refractivity contribution in [2.24, 2.45) is 7.05 Å². The van der Waals surface area contributed by atoms with Crippen molar-refractivity contribution >= 4 is 11.6 Å². The van der Waals surface area contributed by atoms with Gasteiger partial charge < -0.3 is 4.74 Å². The van der Waals surface area contributed by atoms with E-state index in [2.05, 4.69) is 10.2 Å². The predicted octanol–water partition coefficient (Wildman–Crippen LogP) is 1.15. The molecule has 14 heavy (non-hydrogen) atoms. The second-order valence-electron chi connectivity index (χ2n) is 3.77. The van der Waals surface area contributed by atoms with Crippen molar-refractivity contribution in [3.63, 3.8) is 0 Å². The number of aryl methyl sites for hydroxylation is 1. The molecule has 4 nitrogen and oxygen atoms in total. The van der Waals surface area contributed by atoms with Crippen LogP contribution in [0.25, 0.3) is 0 Å². The fraction of sp³-hybridized carbons (Fsp3) is 0.778. The molecule has 0 N–H and O–H groups in total. The van der Waals surface area contributed by atoms with Gasteiger partial charge in [-0.1, -0.05) is 0 Å². The average molecular weight is 216 g/mol. The first-order valence-electron chi connectivity index (χ1n) is 4.79. The first kappa shape index (κ1) is 9.93. The SMILES string of the molecule is Cn1ncc(CC2(CCl)CCCO2)n1. The molecule has 0 aromatic carbocycles. The maximum absolute atomic E-state index is 5.94. The van der Waals surface area contributed by atoms with Crippen LogP contribution in [0.3, 0.4) is 0 Å². The lowest BCUT2D eigenvalue weighted by molar-refractivity contribution is 0.0229. The summed E-state index contributed by atoms with van der Waals surface area (Å²) < 4.78 is 5.69. The number of alkyl halides is 1. The molecule has 0 saturated carbocycles. The Morgan fingerprint density at radius 3 is 3.07 bits per heavy atom. The number of hydrogen-bond acceptors (Lipinski definition) is 3. The fourth-order valence-corrected chi connectivity index (χ4v) is 2.15. The molecule has 2 rings (SSSR count). The maximum Gasteiger partial charge on any atom is 0.0874 e. The van der Waals surface area contributed by atoms with Crippen LogP contribution in [-0.4, -0.2) is 33.1 Å². The van der Waals surface area contributed by atoms with Crippen LogP contribution >= 0.6 is 11.6 Å². The lowest BCUT2D eigenvalue weighted by atomic mass is 9.97. The van der Waals surface area contributed by atoms with E-state index >= 15 is 0 Å². The number of aromatic nitrogens is 3. The standard InChI is InChI=1S/C9H14ClN3O/c1-13-11-6-8(12-13)5-9(7-10)3-2-4-14-9/h6H,2-5,7H2,1H3. The zero-order valence-corrected chi connectivity index (χ0v) is 9.00. The van der Waals surface area contributed by atoms with Gasteiger partial charge in [-0.15, -0.1) is 11.6 Å². The van der Waals surface area contributed by atoms with Crippen molar-refractivity contribution in [2.45, 2.75) is 24.9 Å². The van der Waals surface area contributed by atoms with E-state index in [0.717, 1.165) is 31.6 Å². The van der Waals surface area contributed by atoms with Gasteiger partial charge in [0.15, 0.2) is 0 Å². The summed E-state index contributed by atoms with van der Waals surface area (Å²) in [5.74, 6) is 0.531. The van der Waals surface area contributed by atoms with Crippen molar-refractivity contribution in [1.29, 1.82) is 0 Å². The van der Waals surface area contributed by atoms with Gasteiger partial charge in [0.1, 0.15) is 0 Å². The highest BCUT2D eigenvalue weighted by atomic mass is 35.5. The molecule has 5 heteroatoms. The molecular weight excluding hydrogens is 202 g/mol. The fourth-order valence-electron chi connectivity index (χ4n) is 1.85. The van der Waals surface area contributed by atoms with Gasteiger partial charge in [-0.25, -0.2) is 0 Å². The van der Waals surface area contributed by atoms with Crippen molar-refractivity contribution in [2.75, 3.05) is 12.5 Å². The van der Waals surface area contributed by atoms with E-state index in [1.807, 2.05) is 7.05 Å². The number of hydrogen-bond donors (Lipinski definition) is 0. The summed E-state index contributed by atoms with van der Waals surface area (Å²) >= 11 is 5.94. The lowest BCUT2D eigenvalue weighted by Crippen LogP contribution is -2.33. The van der Waals surface area contributed by atoms with Crippen LogP contribution in [0.4, 0.5) is 0 Å². The van der Waals surface area contributed by atoms with E-state index in [1.54, 1.807) is 11.0 Å². The molecule has 0 aliphatic carbocycles. The Morgan fingerprint density at radius 2 is 2.57 bits per heavy atom. The highest BCUT2D eigenvalue weighted by molar-refractivity contribution is 6.18. The monoisotopic (exact) mass is 215 g/mol. The largest absolute Gasteiger partial charge is 0.373 e. The van der Waals surface area contributed by atoms with Crippen LogP contribution in [0.15, 0.2) is 6.20 Å². The van der Waals surface area contributed by atoms with Crippen molar-refractivity contribution in [3.8, 4) is 0 Å². The van der Waals surface area contributed by atoms with Crippen LogP contribution in [0.5, 0.6) is 0 Å². The summed E-state index contributed by atoms with van der Waals surface area (Å²) in [7, 11) is 1.81. The highest BCUT2D eigenvalue weighted by Crippen LogP contribution is 2.30. The summed E-state index contributed by atoms with van der Waals surface area (Å²) in [6.45, 7) is 0.812. The summed E-state index contributed by atoms with van der Waals surface area (Å²) in [6, 6.07) is 0. The molecule has 1 aromatic rings. The third kappa shape index (κ3) is 1.91. The number of rotatable bonds is 3. The molecule has 0 radical (unpaired) electrons. The molecule has 1 fully saturated rings. The minimum Gasteiger partial charge on any atom is -0.373 e. The van der Waals surface area contributed by atoms with Crippen molar-refractivity contribution in [1.82, 2.24) is 15.0 Å². The Morgan fingerprint density at radius 1 is 1.71 bits per heavy atom. The van der Waals surface area contributed by atoms with E-state index in [4.69, 9.17) is 16.3 Å². The van der Waals surface area contributed by atoms with Gasteiger partial charge in [0, 0.05) is 20.1 Å². The van der Waals surface area contributed by atoms with E-state index in [0.29, 0.717) is 5.88 Å². The topological polar surface area (TPSA) is 39.9 Å². The molecule has 1 saturated heterocycles. The van der Waals surface area contributed by atoms with Gasteiger partial charge in [0.2, 0.25) is 0 Å². The molecule has 0 bridgehead atoms. The zero-order chi connectivity index (χ0) is 10.0. The van der Waals surface area contributed by atoms with Gasteiger partial charge in [-0.05, 0) is 12.8 Å². The van der Waals surface area contributed by atoms with Crippen molar-refractivity contribution < 1.29 is 4.74 Å². The molecule has 1 aromatic heterocycles. The van der Waals surface area contributed by atoms with Crippen LogP contribution < -0.4 is 0 Å². The van der Waals surface area contributed by atoms with E-state index < -0.39 is 0 Å². The molecule has 1 aliphatic heterocycles. The Balaban J connectivity index is 2.08. The zero-order valence-electron chi connectivity index (χ0n) is 8.24. The maximum atomic E-state index is 5.94. The molecular formula is C9H14ClN3O. The minimum atomic E-state index is -0.197.